The number of halogens is 4. The quantitative estimate of drug-likeness (QED) is 0.146. The van der Waals surface area contributed by atoms with E-state index in [1.807, 2.05) is 0 Å². The van der Waals surface area contributed by atoms with Crippen LogP contribution in [0.5, 0.6) is 0 Å². The fraction of sp³-hybridized carbons (Fsp3) is 0. The van der Waals surface area contributed by atoms with Gasteiger partial charge >= 0.3 is 0 Å². The predicted octanol–water partition coefficient (Wildman–Crippen LogP) is -2.83. The van der Waals surface area contributed by atoms with E-state index in [0.29, 0.717) is 0 Å². The van der Waals surface area contributed by atoms with E-state index in [-0.39, 0.29) is 0 Å². The summed E-state index contributed by atoms with van der Waals surface area (Å²) in [6.07, 6.45) is 0. The number of benzene rings is 1. The van der Waals surface area contributed by atoms with Crippen molar-refractivity contribution in [3.63, 3.8) is 0 Å². The monoisotopic (exact) mass is 236 g/mol. The van der Waals surface area contributed by atoms with Crippen LogP contribution >= 0.6 is 0 Å². The largest absolute Gasteiger partial charge is 0.287 e. The number of nitrogens with two attached hydrogens (primary N) is 4. The molecule has 0 aliphatic rings. The molecule has 1 rings (SSSR count). The minimum Gasteiger partial charge on any atom is -0.287 e. The summed E-state index contributed by atoms with van der Waals surface area (Å²) in [5.41, 5.74) is 8.25. The van der Waals surface area contributed by atoms with E-state index < -0.39 is 46.1 Å². The van der Waals surface area contributed by atoms with Crippen LogP contribution in [0.3, 0.4) is 0 Å². The van der Waals surface area contributed by atoms with Crippen molar-refractivity contribution in [1.29, 1.82) is 0 Å². The smallest absolute Gasteiger partial charge is 0.274 e. The molecule has 0 spiro atoms. The maximum absolute atomic E-state index is 13.2. The van der Waals surface area contributed by atoms with Crippen LogP contribution in [-0.2, 0) is 0 Å². The zero-order chi connectivity index (χ0) is 12.6. The molecule has 0 saturated heterocycles. The average Bonchev–Trinajstić information content (AvgIpc) is 2.18. The lowest BCUT2D eigenvalue weighted by Crippen LogP contribution is -2.52. The summed E-state index contributed by atoms with van der Waals surface area (Å²) in [7, 11) is 0. The third-order valence-corrected chi connectivity index (χ3v) is 1.84. The second kappa shape index (κ2) is 3.80. The van der Waals surface area contributed by atoms with Crippen LogP contribution in [0.15, 0.2) is 0 Å². The van der Waals surface area contributed by atoms with Gasteiger partial charge in [-0.1, -0.05) is 0 Å². The lowest BCUT2D eigenvalue weighted by atomic mass is 10.0. The van der Waals surface area contributed by atoms with E-state index in [9.17, 15) is 17.6 Å². The van der Waals surface area contributed by atoms with E-state index in [4.69, 9.17) is 22.3 Å². The summed E-state index contributed by atoms with van der Waals surface area (Å²) in [6, 6.07) is 0. The molecule has 0 unspecified atom stereocenters. The van der Waals surface area contributed by atoms with Gasteiger partial charge in [-0.2, -0.15) is 0 Å². The van der Waals surface area contributed by atoms with Crippen molar-refractivity contribution < 1.29 is 28.4 Å². The Balaban J connectivity index is 3.83. The van der Waals surface area contributed by atoms with Gasteiger partial charge in [0.2, 0.25) is 0 Å². The zero-order valence-corrected chi connectivity index (χ0v) is 7.82. The highest BCUT2D eigenvalue weighted by molar-refractivity contribution is 6.06. The normalized spacial score (nSPS) is 10.2. The third-order valence-electron chi connectivity index (χ3n) is 1.84. The molecule has 0 saturated carbocycles. The molecule has 0 bridgehead atoms. The topological polar surface area (TPSA) is 103 Å². The van der Waals surface area contributed by atoms with Crippen LogP contribution in [0.4, 0.5) is 17.6 Å². The van der Waals surface area contributed by atoms with Gasteiger partial charge in [-0.15, -0.1) is 0 Å². The fourth-order valence-electron chi connectivity index (χ4n) is 1.17. The van der Waals surface area contributed by atoms with Crippen molar-refractivity contribution in [2.45, 2.75) is 0 Å². The van der Waals surface area contributed by atoms with Crippen molar-refractivity contribution in [2.24, 2.45) is 11.5 Å². The van der Waals surface area contributed by atoms with E-state index in [2.05, 4.69) is 0 Å². The first-order chi connectivity index (χ1) is 7.29. The van der Waals surface area contributed by atoms with Gasteiger partial charge in [-0.05, 0) is 0 Å². The first-order valence-electron chi connectivity index (χ1n) is 3.91. The Labute approximate surface area is 86.9 Å². The molecule has 16 heavy (non-hydrogen) atoms. The van der Waals surface area contributed by atoms with E-state index in [0.717, 1.165) is 0 Å². The highest BCUT2D eigenvalue weighted by Gasteiger charge is 2.31. The molecule has 1 aromatic rings. The van der Waals surface area contributed by atoms with Crippen LogP contribution in [-0.4, -0.2) is 11.7 Å². The maximum Gasteiger partial charge on any atom is 0.274 e. The Hall–Kier alpha value is -2.12. The summed E-state index contributed by atoms with van der Waals surface area (Å²) >= 11 is 0. The summed E-state index contributed by atoms with van der Waals surface area (Å²) in [4.78, 5) is 0. The van der Waals surface area contributed by atoms with Gasteiger partial charge in [0.25, 0.3) is 11.7 Å². The van der Waals surface area contributed by atoms with Gasteiger partial charge in [0.1, 0.15) is 11.1 Å². The first-order valence-corrected chi connectivity index (χ1v) is 3.91. The Morgan fingerprint density at radius 1 is 0.688 bits per heavy atom. The fourth-order valence-corrected chi connectivity index (χ4v) is 1.17. The molecular weight excluding hydrogens is 228 g/mol. The lowest BCUT2D eigenvalue weighted by Gasteiger charge is -2.06. The zero-order valence-electron chi connectivity index (χ0n) is 7.82. The number of hydrogen-bond donors (Lipinski definition) is 4. The molecule has 0 radical (unpaired) electrons. The molecular formula is C8H8F4N4+2. The van der Waals surface area contributed by atoms with Gasteiger partial charge in [0, 0.05) is 0 Å². The van der Waals surface area contributed by atoms with Crippen molar-refractivity contribution in [3.05, 3.63) is 34.4 Å². The predicted molar refractivity (Wildman–Crippen MR) is 46.7 cm³/mol. The summed E-state index contributed by atoms with van der Waals surface area (Å²) in [5.74, 6) is -9.10. The second-order valence-electron chi connectivity index (χ2n) is 2.92. The van der Waals surface area contributed by atoms with Gasteiger partial charge in [0.15, 0.2) is 23.3 Å². The Kier molecular flexibility index (Phi) is 2.84. The van der Waals surface area contributed by atoms with Gasteiger partial charge in [0.05, 0.1) is 0 Å². The molecule has 0 aromatic heterocycles. The summed E-state index contributed by atoms with van der Waals surface area (Å²) < 4.78 is 52.2. The molecule has 0 amide bonds. The van der Waals surface area contributed by atoms with Crippen LogP contribution in [0.1, 0.15) is 11.1 Å². The molecule has 0 aliphatic carbocycles. The lowest BCUT2D eigenvalue weighted by molar-refractivity contribution is -0.117. The third kappa shape index (κ3) is 1.58. The Morgan fingerprint density at radius 2 is 0.938 bits per heavy atom. The maximum atomic E-state index is 13.2. The minimum atomic E-state index is -2.04. The molecule has 8 heteroatoms. The van der Waals surface area contributed by atoms with Gasteiger partial charge < -0.3 is 0 Å². The van der Waals surface area contributed by atoms with Crippen LogP contribution in [0.25, 0.3) is 0 Å². The molecule has 0 fully saturated rings. The second-order valence-corrected chi connectivity index (χ2v) is 2.92. The standard InChI is InChI=1S/C8H6F4N4/c9-3-1(7(13)14)2(8(15)16)4(10)6(12)5(3)11/h(H3,13,14)(H3,15,16)/p+2. The molecule has 0 heterocycles. The summed E-state index contributed by atoms with van der Waals surface area (Å²) in [5, 5.41) is 10.0. The molecule has 4 nitrogen and oxygen atoms in total. The minimum absolute atomic E-state index is 0.765. The molecule has 0 aliphatic heterocycles. The van der Waals surface area contributed by atoms with Crippen molar-refractivity contribution >= 4 is 11.7 Å². The van der Waals surface area contributed by atoms with Crippen LogP contribution in [0, 0.1) is 23.3 Å². The molecule has 8 N–H and O–H groups in total. The van der Waals surface area contributed by atoms with E-state index in [1.54, 1.807) is 0 Å². The number of hydrogen-bond acceptors (Lipinski definition) is 0. The van der Waals surface area contributed by atoms with Gasteiger partial charge in [-0.25, -0.2) is 17.6 Å². The van der Waals surface area contributed by atoms with Crippen LogP contribution < -0.4 is 22.3 Å². The van der Waals surface area contributed by atoms with Crippen molar-refractivity contribution in [2.75, 3.05) is 0 Å². The van der Waals surface area contributed by atoms with Crippen LogP contribution in [0.2, 0.25) is 0 Å². The highest BCUT2D eigenvalue weighted by Crippen LogP contribution is 2.22. The Bertz CT molecular complexity index is 453. The first kappa shape index (κ1) is 12.0. The van der Waals surface area contributed by atoms with Crippen molar-refractivity contribution in [1.82, 2.24) is 0 Å². The number of rotatable bonds is 2. The van der Waals surface area contributed by atoms with E-state index in [1.165, 1.54) is 0 Å². The molecule has 0 atom stereocenters. The average molecular weight is 236 g/mol. The molecule has 86 valence electrons. The van der Waals surface area contributed by atoms with Crippen molar-refractivity contribution in [3.8, 4) is 0 Å². The molecule has 1 aromatic carbocycles. The highest BCUT2D eigenvalue weighted by atomic mass is 19.2. The summed E-state index contributed by atoms with van der Waals surface area (Å²) in [6.45, 7) is 0. The Morgan fingerprint density at radius 3 is 1.12 bits per heavy atom. The van der Waals surface area contributed by atoms with E-state index >= 15 is 0 Å². The van der Waals surface area contributed by atoms with Gasteiger partial charge in [-0.3, -0.25) is 22.3 Å². The number of amidine groups is 2. The SMILES string of the molecule is NC(=[NH2+])c1c(F)c(F)c(F)c(F)c1C(N)=[NH2+].